The molecule has 0 unspecified atom stereocenters. The lowest BCUT2D eigenvalue weighted by Crippen LogP contribution is -2.28. The highest BCUT2D eigenvalue weighted by Crippen LogP contribution is 2.29. The summed E-state index contributed by atoms with van der Waals surface area (Å²) in [5.74, 6) is 1.25. The molecule has 0 saturated heterocycles. The smallest absolute Gasteiger partial charge is 0.255 e. The highest BCUT2D eigenvalue weighted by atomic mass is 16.5. The average Bonchev–Trinajstić information content (AvgIpc) is 2.74. The second-order valence-electron chi connectivity index (χ2n) is 6.29. The number of nitrogens with zero attached hydrogens (tertiary/aromatic N) is 1. The first kappa shape index (κ1) is 21.9. The van der Waals surface area contributed by atoms with Crippen molar-refractivity contribution in [3.63, 3.8) is 0 Å². The molecule has 0 heterocycles. The Morgan fingerprint density at radius 3 is 2.14 bits per heavy atom. The third kappa shape index (κ3) is 5.78. The van der Waals surface area contributed by atoms with Crippen LogP contribution in [0.1, 0.15) is 15.9 Å². The summed E-state index contributed by atoms with van der Waals surface area (Å²) < 4.78 is 21.1. The Balaban J connectivity index is 2.05. The van der Waals surface area contributed by atoms with Crippen LogP contribution in [0.5, 0.6) is 23.0 Å². The van der Waals surface area contributed by atoms with Gasteiger partial charge in [-0.05, 0) is 42.3 Å². The highest BCUT2D eigenvalue weighted by molar-refractivity contribution is 5.94. The molecule has 0 saturated carbocycles. The summed E-state index contributed by atoms with van der Waals surface area (Å²) in [7, 11) is 6.36. The molecule has 0 atom stereocenters. The Labute approximate surface area is 170 Å². The molecule has 2 rings (SSSR count). The fraction of sp³-hybridized carbons (Fsp3) is 0.333. The molecule has 2 N–H and O–H groups in total. The van der Waals surface area contributed by atoms with Crippen molar-refractivity contribution >= 4 is 11.8 Å². The molecule has 2 aromatic carbocycles. The van der Waals surface area contributed by atoms with Crippen molar-refractivity contribution < 1.29 is 28.5 Å². The van der Waals surface area contributed by atoms with E-state index in [9.17, 15) is 9.59 Å². The van der Waals surface area contributed by atoms with Crippen LogP contribution in [0.15, 0.2) is 36.4 Å². The van der Waals surface area contributed by atoms with Gasteiger partial charge in [-0.25, -0.2) is 0 Å². The highest BCUT2D eigenvalue weighted by Gasteiger charge is 2.16. The number of amides is 2. The Morgan fingerprint density at radius 2 is 1.52 bits per heavy atom. The molecule has 156 valence electrons. The number of likely N-dealkylation sites (N-methyl/N-ethyl adjacent to an activating group) is 1. The molecule has 2 amide bonds. The van der Waals surface area contributed by atoms with Gasteiger partial charge in [-0.1, -0.05) is 6.07 Å². The van der Waals surface area contributed by atoms with Gasteiger partial charge >= 0.3 is 0 Å². The summed E-state index contributed by atoms with van der Waals surface area (Å²) in [5, 5.41) is 0. The summed E-state index contributed by atoms with van der Waals surface area (Å²) in [5.41, 5.74) is 6.56. The van der Waals surface area contributed by atoms with Gasteiger partial charge < -0.3 is 29.6 Å². The van der Waals surface area contributed by atoms with E-state index in [0.29, 0.717) is 41.5 Å². The molecule has 0 radical (unpaired) electrons. The van der Waals surface area contributed by atoms with Crippen LogP contribution in [0, 0.1) is 0 Å². The lowest BCUT2D eigenvalue weighted by Gasteiger charge is -2.19. The zero-order chi connectivity index (χ0) is 21.4. The predicted octanol–water partition coefficient (Wildman–Crippen LogP) is 1.89. The summed E-state index contributed by atoms with van der Waals surface area (Å²) >= 11 is 0. The standard InChI is InChI=1S/C21H26N2O6/c1-23(10-9-14-5-7-16(26-2)18(11-14)27-3)21(25)15-6-8-17(19(12-15)28-4)29-13-20(22)24/h5-8,11-12H,9-10,13H2,1-4H3,(H2,22,24). The molecule has 29 heavy (non-hydrogen) atoms. The van der Waals surface area contributed by atoms with Crippen LogP contribution in [0.2, 0.25) is 0 Å². The first-order chi connectivity index (χ1) is 13.9. The van der Waals surface area contributed by atoms with Crippen molar-refractivity contribution in [3.05, 3.63) is 47.5 Å². The minimum absolute atomic E-state index is 0.162. The van der Waals surface area contributed by atoms with Crippen LogP contribution in [0.3, 0.4) is 0 Å². The number of carbonyl (C=O) groups excluding carboxylic acids is 2. The van der Waals surface area contributed by atoms with Crippen molar-refractivity contribution in [2.75, 3.05) is 41.5 Å². The van der Waals surface area contributed by atoms with Crippen molar-refractivity contribution in [3.8, 4) is 23.0 Å². The molecule has 0 aliphatic heterocycles. The van der Waals surface area contributed by atoms with Crippen molar-refractivity contribution in [1.82, 2.24) is 4.90 Å². The van der Waals surface area contributed by atoms with Crippen LogP contribution in [0.4, 0.5) is 0 Å². The largest absolute Gasteiger partial charge is 0.493 e. The molecule has 0 aliphatic rings. The van der Waals surface area contributed by atoms with E-state index in [0.717, 1.165) is 5.56 Å². The number of methoxy groups -OCH3 is 3. The summed E-state index contributed by atoms with van der Waals surface area (Å²) in [4.78, 5) is 25.2. The molecule has 8 heteroatoms. The predicted molar refractivity (Wildman–Crippen MR) is 108 cm³/mol. The number of rotatable bonds is 10. The van der Waals surface area contributed by atoms with Crippen LogP contribution in [-0.4, -0.2) is 58.2 Å². The lowest BCUT2D eigenvalue weighted by atomic mass is 10.1. The van der Waals surface area contributed by atoms with E-state index in [1.807, 2.05) is 18.2 Å². The van der Waals surface area contributed by atoms with Gasteiger partial charge in [0, 0.05) is 19.2 Å². The van der Waals surface area contributed by atoms with Crippen molar-refractivity contribution in [1.29, 1.82) is 0 Å². The van der Waals surface area contributed by atoms with E-state index >= 15 is 0 Å². The molecule has 0 aliphatic carbocycles. The minimum atomic E-state index is -0.595. The van der Waals surface area contributed by atoms with E-state index in [1.165, 1.54) is 7.11 Å². The van der Waals surface area contributed by atoms with E-state index in [-0.39, 0.29) is 12.5 Å². The van der Waals surface area contributed by atoms with Gasteiger partial charge in [-0.15, -0.1) is 0 Å². The van der Waals surface area contributed by atoms with Gasteiger partial charge in [0.05, 0.1) is 21.3 Å². The molecular formula is C21H26N2O6. The van der Waals surface area contributed by atoms with Gasteiger partial charge in [-0.2, -0.15) is 0 Å². The fourth-order valence-electron chi connectivity index (χ4n) is 2.72. The number of carbonyl (C=O) groups is 2. The normalized spacial score (nSPS) is 10.2. The Bertz CT molecular complexity index is 868. The quantitative estimate of drug-likeness (QED) is 0.651. The van der Waals surface area contributed by atoms with E-state index < -0.39 is 5.91 Å². The first-order valence-electron chi connectivity index (χ1n) is 8.95. The van der Waals surface area contributed by atoms with Crippen molar-refractivity contribution in [2.45, 2.75) is 6.42 Å². The Hall–Kier alpha value is -3.42. The number of hydrogen-bond donors (Lipinski definition) is 1. The molecule has 0 spiro atoms. The van der Waals surface area contributed by atoms with Crippen LogP contribution in [0.25, 0.3) is 0 Å². The maximum atomic E-state index is 12.7. The fourth-order valence-corrected chi connectivity index (χ4v) is 2.72. The summed E-state index contributed by atoms with van der Waals surface area (Å²) in [6.45, 7) is 0.242. The summed E-state index contributed by atoms with van der Waals surface area (Å²) in [6, 6.07) is 10.4. The topological polar surface area (TPSA) is 100 Å². The number of benzene rings is 2. The molecular weight excluding hydrogens is 376 g/mol. The zero-order valence-corrected chi connectivity index (χ0v) is 17.1. The lowest BCUT2D eigenvalue weighted by molar-refractivity contribution is -0.119. The SMILES string of the molecule is COc1ccc(CCN(C)C(=O)c2ccc(OCC(N)=O)c(OC)c2)cc1OC. The second-order valence-corrected chi connectivity index (χ2v) is 6.29. The van der Waals surface area contributed by atoms with Crippen LogP contribution in [-0.2, 0) is 11.2 Å². The third-order valence-corrected chi connectivity index (χ3v) is 4.31. The summed E-state index contributed by atoms with van der Waals surface area (Å²) in [6.07, 6.45) is 0.652. The van der Waals surface area contributed by atoms with Gasteiger partial charge in [0.15, 0.2) is 29.6 Å². The number of hydrogen-bond acceptors (Lipinski definition) is 6. The molecule has 0 bridgehead atoms. The number of primary amides is 1. The van der Waals surface area contributed by atoms with E-state index in [4.69, 9.17) is 24.7 Å². The molecule has 0 aromatic heterocycles. The van der Waals surface area contributed by atoms with Gasteiger partial charge in [-0.3, -0.25) is 9.59 Å². The third-order valence-electron chi connectivity index (χ3n) is 4.31. The van der Waals surface area contributed by atoms with Gasteiger partial charge in [0.2, 0.25) is 0 Å². The first-order valence-corrected chi connectivity index (χ1v) is 8.95. The molecule has 2 aromatic rings. The van der Waals surface area contributed by atoms with Crippen LogP contribution < -0.4 is 24.7 Å². The maximum Gasteiger partial charge on any atom is 0.255 e. The van der Waals surface area contributed by atoms with Crippen molar-refractivity contribution in [2.24, 2.45) is 5.73 Å². The number of nitrogens with two attached hydrogens (primary N) is 1. The molecule has 8 nitrogen and oxygen atoms in total. The van der Waals surface area contributed by atoms with Gasteiger partial charge in [0.25, 0.3) is 11.8 Å². The Morgan fingerprint density at radius 1 is 0.897 bits per heavy atom. The second kappa shape index (κ2) is 10.2. The monoisotopic (exact) mass is 402 g/mol. The van der Waals surface area contributed by atoms with E-state index in [2.05, 4.69) is 0 Å². The molecule has 0 fully saturated rings. The zero-order valence-electron chi connectivity index (χ0n) is 17.1. The Kier molecular flexibility index (Phi) is 7.70. The minimum Gasteiger partial charge on any atom is -0.493 e. The van der Waals surface area contributed by atoms with Gasteiger partial charge in [0.1, 0.15) is 0 Å². The maximum absolute atomic E-state index is 12.7. The number of ether oxygens (including phenoxy) is 4. The average molecular weight is 402 g/mol. The van der Waals surface area contributed by atoms with E-state index in [1.54, 1.807) is 44.4 Å². The van der Waals surface area contributed by atoms with Crippen LogP contribution >= 0.6 is 0 Å².